The summed E-state index contributed by atoms with van der Waals surface area (Å²) in [5.74, 6) is -1.62. The van der Waals surface area contributed by atoms with Crippen LogP contribution in [0.3, 0.4) is 0 Å². The second-order valence-electron chi connectivity index (χ2n) is 7.94. The Morgan fingerprint density at radius 1 is 0.882 bits per heavy atom. The highest BCUT2D eigenvalue weighted by Gasteiger charge is 2.30. The zero-order valence-corrected chi connectivity index (χ0v) is 18.0. The van der Waals surface area contributed by atoms with Crippen molar-refractivity contribution < 1.29 is 13.6 Å². The molecule has 3 aromatic carbocycles. The largest absolute Gasteiger partial charge is 0.419 e. The number of rotatable bonds is 0. The molecule has 3 heterocycles. The predicted octanol–water partition coefficient (Wildman–Crippen LogP) is 3.17. The van der Waals surface area contributed by atoms with E-state index in [9.17, 15) is 23.6 Å². The molecule has 0 fully saturated rings. The SMILES string of the molecule is Cc1ccc2[nH]c(=O)oc(=O)c2c1.Cc1ccc2nc3n(c(=O)c2c1)-c1ccc(F)cc1C3=O. The number of nitrogens with zero attached hydrogens (tertiary/aromatic N) is 2. The van der Waals surface area contributed by atoms with Crippen LogP contribution in [-0.4, -0.2) is 20.3 Å². The van der Waals surface area contributed by atoms with Gasteiger partial charge in [0.25, 0.3) is 5.56 Å². The monoisotopic (exact) mass is 457 g/mol. The third kappa shape index (κ3) is 3.43. The van der Waals surface area contributed by atoms with Crippen LogP contribution in [-0.2, 0) is 0 Å². The molecule has 8 nitrogen and oxygen atoms in total. The van der Waals surface area contributed by atoms with Crippen LogP contribution < -0.4 is 16.9 Å². The number of aromatic nitrogens is 3. The van der Waals surface area contributed by atoms with E-state index in [1.165, 1.54) is 16.7 Å². The Morgan fingerprint density at radius 2 is 1.59 bits per heavy atom. The summed E-state index contributed by atoms with van der Waals surface area (Å²) in [7, 11) is 0. The van der Waals surface area contributed by atoms with Crippen molar-refractivity contribution in [2.24, 2.45) is 0 Å². The molecule has 34 heavy (non-hydrogen) atoms. The van der Waals surface area contributed by atoms with Crippen LogP contribution in [0.2, 0.25) is 0 Å². The standard InChI is InChI=1S/C16H9FN2O2.C9H7NO3/c1-8-2-4-12-10(6-8)16(21)19-13-5-3-9(17)7-11(13)14(20)15(19)18-12;1-5-2-3-7-6(4-5)8(11)13-9(12)10-7/h2-7H,1H3;2-4H,1H3,(H,10,12). The molecule has 0 saturated heterocycles. The highest BCUT2D eigenvalue weighted by atomic mass is 19.1. The van der Waals surface area contributed by atoms with Gasteiger partial charge in [-0.2, -0.15) is 0 Å². The van der Waals surface area contributed by atoms with Gasteiger partial charge in [-0.15, -0.1) is 0 Å². The number of H-pyrrole nitrogens is 1. The number of hydrogen-bond acceptors (Lipinski definition) is 6. The van der Waals surface area contributed by atoms with Gasteiger partial charge >= 0.3 is 11.4 Å². The second kappa shape index (κ2) is 7.73. The summed E-state index contributed by atoms with van der Waals surface area (Å²) in [5.41, 5.74) is 2.52. The van der Waals surface area contributed by atoms with Gasteiger partial charge < -0.3 is 4.42 Å². The van der Waals surface area contributed by atoms with Gasteiger partial charge in [0, 0.05) is 0 Å². The normalized spacial score (nSPS) is 11.8. The molecule has 2 aromatic heterocycles. The first-order chi connectivity index (χ1) is 16.2. The Morgan fingerprint density at radius 3 is 2.35 bits per heavy atom. The molecule has 0 radical (unpaired) electrons. The molecule has 0 saturated carbocycles. The van der Waals surface area contributed by atoms with Crippen molar-refractivity contribution in [3.05, 3.63) is 114 Å². The summed E-state index contributed by atoms with van der Waals surface area (Å²) in [6.45, 7) is 3.75. The van der Waals surface area contributed by atoms with Gasteiger partial charge in [0.1, 0.15) is 5.82 Å². The average Bonchev–Trinajstić information content (AvgIpc) is 3.07. The van der Waals surface area contributed by atoms with Crippen molar-refractivity contribution in [1.82, 2.24) is 14.5 Å². The van der Waals surface area contributed by atoms with Crippen LogP contribution in [0.4, 0.5) is 4.39 Å². The third-order valence-corrected chi connectivity index (χ3v) is 5.49. The van der Waals surface area contributed by atoms with E-state index < -0.39 is 23.0 Å². The maximum Gasteiger partial charge on any atom is 0.419 e. The third-order valence-electron chi connectivity index (χ3n) is 5.49. The average molecular weight is 457 g/mol. The first kappa shape index (κ1) is 21.2. The van der Waals surface area contributed by atoms with Gasteiger partial charge in [0.05, 0.1) is 33.1 Å². The van der Waals surface area contributed by atoms with Crippen LogP contribution in [0, 0.1) is 19.7 Å². The first-order valence-electron chi connectivity index (χ1n) is 10.2. The topological polar surface area (TPSA) is 115 Å². The lowest BCUT2D eigenvalue weighted by Crippen LogP contribution is -2.21. The molecule has 0 bridgehead atoms. The molecular weight excluding hydrogens is 441 g/mol. The number of benzene rings is 3. The van der Waals surface area contributed by atoms with E-state index in [4.69, 9.17) is 0 Å². The fourth-order valence-corrected chi connectivity index (χ4v) is 3.89. The minimum Gasteiger partial charge on any atom is -0.372 e. The van der Waals surface area contributed by atoms with E-state index in [0.717, 1.165) is 17.2 Å². The molecule has 1 N–H and O–H groups in total. The number of aromatic amines is 1. The summed E-state index contributed by atoms with van der Waals surface area (Å²) in [6, 6.07) is 14.3. The van der Waals surface area contributed by atoms with Crippen LogP contribution in [0.5, 0.6) is 0 Å². The summed E-state index contributed by atoms with van der Waals surface area (Å²) in [6.07, 6.45) is 0. The molecule has 0 spiro atoms. The Labute approximate surface area is 189 Å². The zero-order chi connectivity index (χ0) is 24.1. The van der Waals surface area contributed by atoms with Crippen LogP contribution in [0.1, 0.15) is 27.3 Å². The summed E-state index contributed by atoms with van der Waals surface area (Å²) in [5, 5.41) is 0.850. The number of fused-ring (bicyclic) bond motifs is 5. The van der Waals surface area contributed by atoms with Crippen LogP contribution >= 0.6 is 0 Å². The highest BCUT2D eigenvalue weighted by Crippen LogP contribution is 2.27. The maximum absolute atomic E-state index is 13.3. The molecule has 0 atom stereocenters. The predicted molar refractivity (Wildman–Crippen MR) is 123 cm³/mol. The lowest BCUT2D eigenvalue weighted by molar-refractivity contribution is 0.103. The van der Waals surface area contributed by atoms with Gasteiger partial charge in [-0.05, 0) is 56.3 Å². The van der Waals surface area contributed by atoms with E-state index in [0.29, 0.717) is 27.5 Å². The van der Waals surface area contributed by atoms with E-state index in [2.05, 4.69) is 14.4 Å². The smallest absolute Gasteiger partial charge is 0.372 e. The fraction of sp³-hybridized carbons (Fsp3) is 0.0800. The van der Waals surface area contributed by atoms with E-state index >= 15 is 0 Å². The Kier molecular flexibility index (Phi) is 4.82. The lowest BCUT2D eigenvalue weighted by Gasteiger charge is -2.05. The van der Waals surface area contributed by atoms with Crippen molar-refractivity contribution >= 4 is 27.6 Å². The molecule has 1 aliphatic heterocycles. The molecule has 168 valence electrons. The first-order valence-corrected chi connectivity index (χ1v) is 10.2. The maximum atomic E-state index is 13.3. The van der Waals surface area contributed by atoms with Crippen LogP contribution in [0.25, 0.3) is 27.5 Å². The number of ketones is 1. The number of halogens is 1. The second-order valence-corrected chi connectivity index (χ2v) is 7.94. The summed E-state index contributed by atoms with van der Waals surface area (Å²) in [4.78, 5) is 53.6. The molecular formula is C25H16FN3O5. The quantitative estimate of drug-likeness (QED) is 0.375. The minimum absolute atomic E-state index is 0.0388. The summed E-state index contributed by atoms with van der Waals surface area (Å²) >= 11 is 0. The highest BCUT2D eigenvalue weighted by molar-refractivity contribution is 6.13. The summed E-state index contributed by atoms with van der Waals surface area (Å²) < 4.78 is 19.0. The number of aryl methyl sites for hydroxylation is 2. The van der Waals surface area contributed by atoms with Crippen LogP contribution in [0.15, 0.2) is 73.4 Å². The number of carbonyl (C=O) groups is 1. The molecule has 9 heteroatoms. The van der Waals surface area contributed by atoms with Crippen molar-refractivity contribution in [1.29, 1.82) is 0 Å². The fourth-order valence-electron chi connectivity index (χ4n) is 3.89. The van der Waals surface area contributed by atoms with Gasteiger partial charge in [0.2, 0.25) is 5.78 Å². The molecule has 0 unspecified atom stereocenters. The number of carbonyl (C=O) groups excluding carboxylic acids is 1. The molecule has 5 aromatic rings. The molecule has 0 amide bonds. The zero-order valence-electron chi connectivity index (χ0n) is 18.0. The van der Waals surface area contributed by atoms with Crippen molar-refractivity contribution in [3.63, 3.8) is 0 Å². The molecule has 1 aliphatic rings. The van der Waals surface area contributed by atoms with Crippen molar-refractivity contribution in [2.45, 2.75) is 13.8 Å². The Bertz CT molecular complexity index is 1830. The Hall–Kier alpha value is -4.66. The lowest BCUT2D eigenvalue weighted by atomic mass is 10.1. The van der Waals surface area contributed by atoms with Crippen molar-refractivity contribution in [3.8, 4) is 5.69 Å². The molecule has 0 aliphatic carbocycles. The van der Waals surface area contributed by atoms with Gasteiger partial charge in [-0.3, -0.25) is 19.1 Å². The van der Waals surface area contributed by atoms with Gasteiger partial charge in [-0.25, -0.2) is 19.0 Å². The van der Waals surface area contributed by atoms with E-state index in [1.807, 2.05) is 26.0 Å². The number of nitrogens with one attached hydrogen (secondary N) is 1. The van der Waals surface area contributed by atoms with E-state index in [1.54, 1.807) is 24.3 Å². The van der Waals surface area contributed by atoms with Gasteiger partial charge in [0.15, 0.2) is 5.82 Å². The Balaban J connectivity index is 0.000000159. The minimum atomic E-state index is -0.721. The molecule has 6 rings (SSSR count). The van der Waals surface area contributed by atoms with E-state index in [-0.39, 0.29) is 16.9 Å². The number of hydrogen-bond donors (Lipinski definition) is 1. The van der Waals surface area contributed by atoms with Gasteiger partial charge in [-0.1, -0.05) is 23.3 Å². The van der Waals surface area contributed by atoms with Crippen molar-refractivity contribution in [2.75, 3.05) is 0 Å².